The minimum atomic E-state index is -1.42. The Morgan fingerprint density at radius 3 is 2.15 bits per heavy atom. The molecule has 0 bridgehead atoms. The molecule has 8 nitrogen and oxygen atoms in total. The van der Waals surface area contributed by atoms with Crippen LogP contribution in [0.25, 0.3) is 0 Å². The van der Waals surface area contributed by atoms with E-state index in [0.717, 1.165) is 19.6 Å². The number of esters is 1. The van der Waals surface area contributed by atoms with Crippen molar-refractivity contribution in [1.82, 2.24) is 10.6 Å². The van der Waals surface area contributed by atoms with E-state index in [0.29, 0.717) is 0 Å². The van der Waals surface area contributed by atoms with Crippen LogP contribution in [0.4, 0.5) is 4.79 Å². The lowest BCUT2D eigenvalue weighted by Gasteiger charge is -2.23. The van der Waals surface area contributed by atoms with Gasteiger partial charge in [-0.2, -0.15) is 0 Å². The Hall–Kier alpha value is -2.90. The Morgan fingerprint density at radius 1 is 1.04 bits per heavy atom. The standard InChI is InChI=1S/C18H24N2O6/c1-11(2)14(16(22)19-15(12(3)21)17(23)25-4)20-18(24)26-10-13-8-6-5-7-9-13/h5-9,11,14-15H,10H2,1-4H3,(H,19,22)(H,20,24)/t14-,15?/m0/s1. The Morgan fingerprint density at radius 2 is 1.65 bits per heavy atom. The molecule has 0 aromatic heterocycles. The largest absolute Gasteiger partial charge is 0.467 e. The smallest absolute Gasteiger partial charge is 0.408 e. The van der Waals surface area contributed by atoms with Crippen molar-refractivity contribution >= 4 is 23.8 Å². The van der Waals surface area contributed by atoms with Gasteiger partial charge in [0.15, 0.2) is 11.8 Å². The second-order valence-electron chi connectivity index (χ2n) is 6.00. The topological polar surface area (TPSA) is 111 Å². The van der Waals surface area contributed by atoms with E-state index in [9.17, 15) is 19.2 Å². The van der Waals surface area contributed by atoms with Gasteiger partial charge in [-0.3, -0.25) is 9.59 Å². The minimum Gasteiger partial charge on any atom is -0.467 e. The van der Waals surface area contributed by atoms with Gasteiger partial charge in [0.25, 0.3) is 0 Å². The van der Waals surface area contributed by atoms with Gasteiger partial charge in [0.1, 0.15) is 12.6 Å². The molecule has 1 rings (SSSR count). The van der Waals surface area contributed by atoms with Gasteiger partial charge in [-0.15, -0.1) is 0 Å². The van der Waals surface area contributed by atoms with Crippen LogP contribution in [0, 0.1) is 5.92 Å². The molecule has 0 saturated heterocycles. The summed E-state index contributed by atoms with van der Waals surface area (Å²) in [6.45, 7) is 4.64. The van der Waals surface area contributed by atoms with E-state index in [1.54, 1.807) is 26.0 Å². The molecule has 1 aromatic rings. The van der Waals surface area contributed by atoms with Crippen molar-refractivity contribution in [3.63, 3.8) is 0 Å². The van der Waals surface area contributed by atoms with Crippen LogP contribution in [0.2, 0.25) is 0 Å². The molecule has 0 aliphatic rings. The molecule has 0 saturated carbocycles. The van der Waals surface area contributed by atoms with Crippen LogP contribution in [0.3, 0.4) is 0 Å². The highest BCUT2D eigenvalue weighted by Gasteiger charge is 2.31. The normalized spacial score (nSPS) is 12.7. The number of benzene rings is 1. The third kappa shape index (κ3) is 6.54. The van der Waals surface area contributed by atoms with Gasteiger partial charge in [0.2, 0.25) is 5.91 Å². The number of rotatable bonds is 8. The fraction of sp³-hybridized carbons (Fsp3) is 0.444. The third-order valence-electron chi connectivity index (χ3n) is 3.57. The first kappa shape index (κ1) is 21.1. The summed E-state index contributed by atoms with van der Waals surface area (Å²) in [6.07, 6.45) is -0.778. The van der Waals surface area contributed by atoms with Gasteiger partial charge in [-0.1, -0.05) is 44.2 Å². The van der Waals surface area contributed by atoms with Crippen LogP contribution in [0.1, 0.15) is 26.3 Å². The van der Waals surface area contributed by atoms with Crippen LogP contribution in [0.5, 0.6) is 0 Å². The molecule has 1 aromatic carbocycles. The first-order chi connectivity index (χ1) is 12.3. The summed E-state index contributed by atoms with van der Waals surface area (Å²) < 4.78 is 9.59. The molecule has 2 N–H and O–H groups in total. The summed E-state index contributed by atoms with van der Waals surface area (Å²) in [5.41, 5.74) is 0.801. The zero-order valence-corrected chi connectivity index (χ0v) is 15.3. The number of ether oxygens (including phenoxy) is 2. The summed E-state index contributed by atoms with van der Waals surface area (Å²) in [7, 11) is 1.11. The summed E-state index contributed by atoms with van der Waals surface area (Å²) in [6, 6.07) is 6.67. The highest BCUT2D eigenvalue weighted by Crippen LogP contribution is 2.05. The first-order valence-corrected chi connectivity index (χ1v) is 8.12. The Kier molecular flexibility index (Phi) is 8.27. The van der Waals surface area contributed by atoms with Gasteiger partial charge in [-0.05, 0) is 18.4 Å². The van der Waals surface area contributed by atoms with E-state index < -0.39 is 35.8 Å². The van der Waals surface area contributed by atoms with Gasteiger partial charge in [0, 0.05) is 0 Å². The fourth-order valence-corrected chi connectivity index (χ4v) is 2.10. The maximum Gasteiger partial charge on any atom is 0.408 e. The molecule has 142 valence electrons. The molecule has 2 atom stereocenters. The van der Waals surface area contributed by atoms with Crippen molar-refractivity contribution in [3.05, 3.63) is 35.9 Å². The highest BCUT2D eigenvalue weighted by atomic mass is 16.5. The number of ketones is 1. The lowest BCUT2D eigenvalue weighted by molar-refractivity contribution is -0.148. The van der Waals surface area contributed by atoms with E-state index in [1.165, 1.54) is 0 Å². The average molecular weight is 364 g/mol. The first-order valence-electron chi connectivity index (χ1n) is 8.12. The highest BCUT2D eigenvalue weighted by molar-refractivity contribution is 6.05. The quantitative estimate of drug-likeness (QED) is 0.529. The molecule has 2 amide bonds. The van der Waals surface area contributed by atoms with Crippen LogP contribution in [-0.4, -0.2) is 42.9 Å². The summed E-state index contributed by atoms with van der Waals surface area (Å²) >= 11 is 0. The van der Waals surface area contributed by atoms with Crippen molar-refractivity contribution in [3.8, 4) is 0 Å². The summed E-state index contributed by atoms with van der Waals surface area (Å²) in [5, 5.41) is 4.75. The SMILES string of the molecule is COC(=O)C(NC(=O)[C@@H](NC(=O)OCc1ccccc1)C(C)C)C(C)=O. The van der Waals surface area contributed by atoms with E-state index in [4.69, 9.17) is 4.74 Å². The van der Waals surface area contributed by atoms with Gasteiger partial charge >= 0.3 is 12.1 Å². The molecule has 0 aliphatic carbocycles. The van der Waals surface area contributed by atoms with E-state index >= 15 is 0 Å². The number of carbonyl (C=O) groups excluding carboxylic acids is 4. The number of alkyl carbamates (subject to hydrolysis) is 1. The second-order valence-corrected chi connectivity index (χ2v) is 6.00. The number of carbonyl (C=O) groups is 4. The predicted octanol–water partition coefficient (Wildman–Crippen LogP) is 1.18. The van der Waals surface area contributed by atoms with Crippen molar-refractivity contribution in [2.45, 2.75) is 39.5 Å². The number of amides is 2. The van der Waals surface area contributed by atoms with Gasteiger partial charge in [0.05, 0.1) is 7.11 Å². The molecule has 0 fully saturated rings. The summed E-state index contributed by atoms with van der Waals surface area (Å²) in [5.74, 6) is -2.42. The Balaban J connectivity index is 2.68. The number of methoxy groups -OCH3 is 1. The Labute approximate surface area is 152 Å². The number of hydrogen-bond acceptors (Lipinski definition) is 6. The van der Waals surface area contributed by atoms with Gasteiger partial charge in [-0.25, -0.2) is 9.59 Å². The van der Waals surface area contributed by atoms with Crippen molar-refractivity contribution < 1.29 is 28.7 Å². The average Bonchev–Trinajstić information content (AvgIpc) is 2.61. The zero-order chi connectivity index (χ0) is 19.7. The van der Waals surface area contributed by atoms with Crippen molar-refractivity contribution in [2.75, 3.05) is 7.11 Å². The zero-order valence-electron chi connectivity index (χ0n) is 15.3. The molecule has 0 heterocycles. The van der Waals surface area contributed by atoms with E-state index in [2.05, 4.69) is 15.4 Å². The molecule has 0 radical (unpaired) electrons. The second kappa shape index (κ2) is 10.2. The monoisotopic (exact) mass is 364 g/mol. The van der Waals surface area contributed by atoms with E-state index in [1.807, 2.05) is 18.2 Å². The third-order valence-corrected chi connectivity index (χ3v) is 3.57. The van der Waals surface area contributed by atoms with Crippen molar-refractivity contribution in [1.29, 1.82) is 0 Å². The molecule has 0 spiro atoms. The molecule has 26 heavy (non-hydrogen) atoms. The number of Topliss-reactive ketones (excluding diaryl/α,β-unsaturated/α-hetero) is 1. The van der Waals surface area contributed by atoms with E-state index in [-0.39, 0.29) is 12.5 Å². The maximum absolute atomic E-state index is 12.4. The lowest BCUT2D eigenvalue weighted by atomic mass is 10.0. The van der Waals surface area contributed by atoms with Gasteiger partial charge < -0.3 is 20.1 Å². The van der Waals surface area contributed by atoms with Crippen LogP contribution in [-0.2, 0) is 30.5 Å². The summed E-state index contributed by atoms with van der Waals surface area (Å²) in [4.78, 5) is 47.5. The fourth-order valence-electron chi connectivity index (χ4n) is 2.10. The van der Waals surface area contributed by atoms with Crippen molar-refractivity contribution in [2.24, 2.45) is 5.92 Å². The number of nitrogens with one attached hydrogen (secondary N) is 2. The predicted molar refractivity (Wildman–Crippen MR) is 93.0 cm³/mol. The van der Waals surface area contributed by atoms with Crippen LogP contribution < -0.4 is 10.6 Å². The molecule has 8 heteroatoms. The molecule has 0 aliphatic heterocycles. The molecular formula is C18H24N2O6. The maximum atomic E-state index is 12.4. The number of hydrogen-bond donors (Lipinski definition) is 2. The minimum absolute atomic E-state index is 0.0529. The van der Waals surface area contributed by atoms with Crippen LogP contribution >= 0.6 is 0 Å². The Bertz CT molecular complexity index is 644. The molecule has 1 unspecified atom stereocenters. The lowest BCUT2D eigenvalue weighted by Crippen LogP contribution is -2.55. The molecular weight excluding hydrogens is 340 g/mol. The van der Waals surface area contributed by atoms with Crippen LogP contribution in [0.15, 0.2) is 30.3 Å².